The van der Waals surface area contributed by atoms with Crippen LogP contribution in [0.15, 0.2) is 48.5 Å². The van der Waals surface area contributed by atoms with Crippen LogP contribution in [0.3, 0.4) is 0 Å². The molecule has 3 fully saturated rings. The Kier molecular flexibility index (Phi) is 8.44. The number of hydrogen-bond donors (Lipinski definition) is 0. The number of alkyl halides is 6. The first-order valence-electron chi connectivity index (χ1n) is 13.8. The summed E-state index contributed by atoms with van der Waals surface area (Å²) in [6, 6.07) is 10.4. The van der Waals surface area contributed by atoms with Crippen molar-refractivity contribution in [1.29, 1.82) is 0 Å². The number of hydrogen-bond acceptors (Lipinski definition) is 5. The Bertz CT molecular complexity index is 1240. The molecule has 13 heteroatoms. The molecule has 3 saturated heterocycles. The highest BCUT2D eigenvalue weighted by atomic mass is 19.4. The van der Waals surface area contributed by atoms with Gasteiger partial charge in [-0.25, -0.2) is 4.79 Å². The highest BCUT2D eigenvalue weighted by Gasteiger charge is 2.51. The molecule has 1 atom stereocenters. The Morgan fingerprint density at radius 1 is 0.857 bits per heavy atom. The quantitative estimate of drug-likeness (QED) is 0.439. The summed E-state index contributed by atoms with van der Waals surface area (Å²) in [6.45, 7) is 4.31. The summed E-state index contributed by atoms with van der Waals surface area (Å²) in [4.78, 5) is 31.5. The van der Waals surface area contributed by atoms with Crippen LogP contribution in [-0.4, -0.2) is 91.3 Å². The third-order valence-corrected chi connectivity index (χ3v) is 8.31. The average Bonchev–Trinajstić information content (AvgIpc) is 2.97. The van der Waals surface area contributed by atoms with Gasteiger partial charge in [0.2, 0.25) is 0 Å². The van der Waals surface area contributed by atoms with Crippen molar-refractivity contribution in [3.05, 3.63) is 70.8 Å². The van der Waals surface area contributed by atoms with Crippen LogP contribution in [0.4, 0.5) is 31.1 Å². The standard InChI is InChI=1S/C29H31F6N3O4/c30-28(31,32)22-16-21(17-23(18-22)29(33,34)35)25(39)37-8-6-27(7-9-37)24(20-4-2-1-3-5-20)19-38(26(40)42-27)11-10-36-12-14-41-15-13-36/h1-5,16-18,24H,6-15,19H2/t24-/m1/s1. The minimum Gasteiger partial charge on any atom is -0.442 e. The number of amides is 2. The van der Waals surface area contributed by atoms with Crippen LogP contribution in [0.2, 0.25) is 0 Å². The van der Waals surface area contributed by atoms with E-state index < -0.39 is 46.6 Å². The van der Waals surface area contributed by atoms with Gasteiger partial charge < -0.3 is 19.3 Å². The second-order valence-corrected chi connectivity index (χ2v) is 10.9. The van der Waals surface area contributed by atoms with E-state index in [9.17, 15) is 35.9 Å². The van der Waals surface area contributed by atoms with Crippen LogP contribution in [0.5, 0.6) is 0 Å². The molecule has 0 N–H and O–H groups in total. The van der Waals surface area contributed by atoms with Crippen LogP contribution in [0.25, 0.3) is 0 Å². The van der Waals surface area contributed by atoms with Crippen LogP contribution in [-0.2, 0) is 21.8 Å². The minimum atomic E-state index is -5.06. The van der Waals surface area contributed by atoms with E-state index in [-0.39, 0.29) is 37.9 Å². The van der Waals surface area contributed by atoms with Crippen molar-refractivity contribution in [2.24, 2.45) is 0 Å². The van der Waals surface area contributed by atoms with Gasteiger partial charge in [-0.2, -0.15) is 26.3 Å². The number of likely N-dealkylation sites (tertiary alicyclic amines) is 1. The summed E-state index contributed by atoms with van der Waals surface area (Å²) >= 11 is 0. The van der Waals surface area contributed by atoms with E-state index in [0.29, 0.717) is 45.0 Å². The summed E-state index contributed by atoms with van der Waals surface area (Å²) in [5, 5.41) is 0. The summed E-state index contributed by atoms with van der Waals surface area (Å²) < 4.78 is 91.7. The van der Waals surface area contributed by atoms with Gasteiger partial charge in [0.25, 0.3) is 5.91 Å². The molecule has 0 aliphatic carbocycles. The van der Waals surface area contributed by atoms with E-state index in [2.05, 4.69) is 4.90 Å². The number of ether oxygens (including phenoxy) is 2. The van der Waals surface area contributed by atoms with E-state index in [0.717, 1.165) is 18.7 Å². The molecule has 0 radical (unpaired) electrons. The largest absolute Gasteiger partial charge is 0.442 e. The lowest BCUT2D eigenvalue weighted by Crippen LogP contribution is -2.60. The predicted molar refractivity (Wildman–Crippen MR) is 139 cm³/mol. The van der Waals surface area contributed by atoms with Crippen LogP contribution in [0, 0.1) is 0 Å². The first-order chi connectivity index (χ1) is 19.9. The van der Waals surface area contributed by atoms with Gasteiger partial charge in [-0.1, -0.05) is 30.3 Å². The van der Waals surface area contributed by atoms with Crippen LogP contribution < -0.4 is 0 Å². The lowest BCUT2D eigenvalue weighted by atomic mass is 9.74. The Labute approximate surface area is 238 Å². The molecule has 1 spiro atoms. The molecule has 2 aromatic carbocycles. The monoisotopic (exact) mass is 599 g/mol. The smallest absolute Gasteiger partial charge is 0.416 e. The number of carbonyl (C=O) groups is 2. The van der Waals surface area contributed by atoms with Crippen molar-refractivity contribution in [3.63, 3.8) is 0 Å². The van der Waals surface area contributed by atoms with Crippen LogP contribution in [0.1, 0.15) is 45.8 Å². The number of nitrogens with zero attached hydrogens (tertiary/aromatic N) is 3. The topological polar surface area (TPSA) is 62.3 Å². The number of benzene rings is 2. The van der Waals surface area contributed by atoms with E-state index in [4.69, 9.17) is 9.47 Å². The van der Waals surface area contributed by atoms with Gasteiger partial charge in [0.1, 0.15) is 5.60 Å². The molecular weight excluding hydrogens is 568 g/mol. The van der Waals surface area contributed by atoms with Gasteiger partial charge in [-0.05, 0) is 23.8 Å². The van der Waals surface area contributed by atoms with E-state index in [1.54, 1.807) is 4.90 Å². The molecule has 42 heavy (non-hydrogen) atoms. The maximum atomic E-state index is 13.4. The normalized spacial score (nSPS) is 21.9. The fraction of sp³-hybridized carbons (Fsp3) is 0.517. The number of carbonyl (C=O) groups excluding carboxylic acids is 2. The molecule has 0 aromatic heterocycles. The first-order valence-corrected chi connectivity index (χ1v) is 13.8. The summed E-state index contributed by atoms with van der Waals surface area (Å²) in [6.07, 6.45) is -10.2. The molecular formula is C29H31F6N3O4. The lowest BCUT2D eigenvalue weighted by Gasteiger charge is -2.51. The second kappa shape index (κ2) is 11.8. The SMILES string of the molecule is O=C1OC2(CCN(C(=O)c3cc(C(F)(F)F)cc(C(F)(F)F)c3)CC2)[C@@H](c2ccccc2)CN1CCN1CCOCC1. The van der Waals surface area contributed by atoms with Gasteiger partial charge in [0.15, 0.2) is 0 Å². The highest BCUT2D eigenvalue weighted by Crippen LogP contribution is 2.44. The van der Waals surface area contributed by atoms with Crippen molar-refractivity contribution in [1.82, 2.24) is 14.7 Å². The van der Waals surface area contributed by atoms with E-state index in [1.807, 2.05) is 30.3 Å². The van der Waals surface area contributed by atoms with Crippen LogP contribution >= 0.6 is 0 Å². The zero-order chi connectivity index (χ0) is 30.1. The number of halogens is 6. The molecule has 228 valence electrons. The molecule has 0 saturated carbocycles. The fourth-order valence-corrected chi connectivity index (χ4v) is 5.93. The number of piperidine rings is 1. The summed E-state index contributed by atoms with van der Waals surface area (Å²) in [5.41, 5.74) is -3.82. The molecule has 3 heterocycles. The first kappa shape index (κ1) is 30.1. The van der Waals surface area contributed by atoms with Gasteiger partial charge in [0.05, 0.1) is 24.3 Å². The van der Waals surface area contributed by atoms with Crippen molar-refractivity contribution < 1.29 is 45.4 Å². The minimum absolute atomic E-state index is 0.000815. The second-order valence-electron chi connectivity index (χ2n) is 10.9. The molecule has 7 nitrogen and oxygen atoms in total. The summed E-state index contributed by atoms with van der Waals surface area (Å²) in [7, 11) is 0. The van der Waals surface area contributed by atoms with E-state index >= 15 is 0 Å². The molecule has 3 aliphatic heterocycles. The summed E-state index contributed by atoms with van der Waals surface area (Å²) in [5.74, 6) is -1.18. The van der Waals surface area contributed by atoms with Gasteiger partial charge in [-0.3, -0.25) is 9.69 Å². The maximum absolute atomic E-state index is 13.4. The van der Waals surface area contributed by atoms with Gasteiger partial charge in [0, 0.05) is 70.1 Å². The highest BCUT2D eigenvalue weighted by molar-refractivity contribution is 5.94. The lowest BCUT2D eigenvalue weighted by molar-refractivity contribution is -0.143. The van der Waals surface area contributed by atoms with Crippen molar-refractivity contribution in [3.8, 4) is 0 Å². The maximum Gasteiger partial charge on any atom is 0.416 e. The Morgan fingerprint density at radius 3 is 2.02 bits per heavy atom. The molecule has 2 aromatic rings. The van der Waals surface area contributed by atoms with Gasteiger partial charge in [-0.15, -0.1) is 0 Å². The van der Waals surface area contributed by atoms with Gasteiger partial charge >= 0.3 is 18.4 Å². The Morgan fingerprint density at radius 2 is 1.45 bits per heavy atom. The molecule has 0 bridgehead atoms. The fourth-order valence-electron chi connectivity index (χ4n) is 5.93. The Hall–Kier alpha value is -3.32. The number of rotatable bonds is 5. The van der Waals surface area contributed by atoms with Crippen molar-refractivity contribution in [2.45, 2.75) is 36.7 Å². The van der Waals surface area contributed by atoms with E-state index in [1.165, 1.54) is 4.90 Å². The predicted octanol–water partition coefficient (Wildman–Crippen LogP) is 5.27. The molecule has 2 amide bonds. The Balaban J connectivity index is 1.34. The zero-order valence-corrected chi connectivity index (χ0v) is 22.7. The molecule has 3 aliphatic rings. The molecule has 5 rings (SSSR count). The number of morpholine rings is 1. The average molecular weight is 600 g/mol. The van der Waals surface area contributed by atoms with Crippen molar-refractivity contribution >= 4 is 12.0 Å². The molecule has 0 unspecified atom stereocenters. The van der Waals surface area contributed by atoms with Crippen molar-refractivity contribution in [2.75, 3.05) is 59.0 Å². The third-order valence-electron chi connectivity index (χ3n) is 8.31. The zero-order valence-electron chi connectivity index (χ0n) is 22.7. The third kappa shape index (κ3) is 6.51.